The van der Waals surface area contributed by atoms with Gasteiger partial charge in [-0.1, -0.05) is 12.1 Å². The van der Waals surface area contributed by atoms with Crippen molar-refractivity contribution in [3.05, 3.63) is 53.1 Å². The molecule has 2 aromatic carbocycles. The lowest BCUT2D eigenvalue weighted by Gasteiger charge is -2.14. The Labute approximate surface area is 135 Å². The van der Waals surface area contributed by atoms with Crippen LogP contribution in [0.5, 0.6) is 17.2 Å². The molecule has 0 aliphatic carbocycles. The number of aryl methyl sites for hydroxylation is 2. The molecule has 0 heterocycles. The molecule has 0 aromatic heterocycles. The van der Waals surface area contributed by atoms with Crippen LogP contribution in [0.3, 0.4) is 0 Å². The summed E-state index contributed by atoms with van der Waals surface area (Å²) in [7, 11) is 1.47. The molecule has 0 aliphatic rings. The van der Waals surface area contributed by atoms with Crippen LogP contribution in [0.2, 0.25) is 0 Å². The van der Waals surface area contributed by atoms with Gasteiger partial charge in [0.1, 0.15) is 24.5 Å². The number of carboxylic acid groups (broad SMARTS) is 1. The van der Waals surface area contributed by atoms with Crippen molar-refractivity contribution >= 4 is 5.97 Å². The maximum absolute atomic E-state index is 11.3. The molecule has 23 heavy (non-hydrogen) atoms. The standard InChI is InChI=1S/C18H20O5/c1-12-9-13(2)11-14(10-12)22-7-8-23-17-15(18(19)20)5-4-6-16(17)21-3/h4-6,9-11H,7-8H2,1-3H3,(H,19,20). The Morgan fingerprint density at radius 2 is 1.70 bits per heavy atom. The summed E-state index contributed by atoms with van der Waals surface area (Å²) in [5, 5.41) is 9.21. The number of methoxy groups -OCH3 is 1. The normalized spacial score (nSPS) is 10.2. The maximum atomic E-state index is 11.3. The van der Waals surface area contributed by atoms with Crippen molar-refractivity contribution in [2.45, 2.75) is 13.8 Å². The Kier molecular flexibility index (Phi) is 5.46. The van der Waals surface area contributed by atoms with E-state index in [1.54, 1.807) is 12.1 Å². The van der Waals surface area contributed by atoms with Crippen molar-refractivity contribution in [1.82, 2.24) is 0 Å². The molecular formula is C18H20O5. The van der Waals surface area contributed by atoms with Crippen LogP contribution < -0.4 is 14.2 Å². The van der Waals surface area contributed by atoms with Gasteiger partial charge in [-0.25, -0.2) is 4.79 Å². The lowest BCUT2D eigenvalue weighted by molar-refractivity contribution is 0.0690. The van der Waals surface area contributed by atoms with Crippen LogP contribution >= 0.6 is 0 Å². The van der Waals surface area contributed by atoms with E-state index >= 15 is 0 Å². The monoisotopic (exact) mass is 316 g/mol. The minimum absolute atomic E-state index is 0.0655. The third-order valence-corrected chi connectivity index (χ3v) is 3.22. The van der Waals surface area contributed by atoms with Crippen LogP contribution in [0, 0.1) is 13.8 Å². The summed E-state index contributed by atoms with van der Waals surface area (Å²) in [4.78, 5) is 11.3. The fraction of sp³-hybridized carbons (Fsp3) is 0.278. The summed E-state index contributed by atoms with van der Waals surface area (Å²) < 4.78 is 16.4. The second kappa shape index (κ2) is 7.54. The molecule has 0 radical (unpaired) electrons. The van der Waals surface area contributed by atoms with Crippen LogP contribution in [0.15, 0.2) is 36.4 Å². The molecule has 0 fully saturated rings. The van der Waals surface area contributed by atoms with Crippen LogP contribution in [0.4, 0.5) is 0 Å². The number of hydrogen-bond acceptors (Lipinski definition) is 4. The summed E-state index contributed by atoms with van der Waals surface area (Å²) in [6, 6.07) is 10.7. The molecular weight excluding hydrogens is 296 g/mol. The topological polar surface area (TPSA) is 65.0 Å². The van der Waals surface area contributed by atoms with E-state index in [9.17, 15) is 9.90 Å². The molecule has 0 saturated heterocycles. The number of carboxylic acids is 1. The average Bonchev–Trinajstić information content (AvgIpc) is 2.50. The van der Waals surface area contributed by atoms with E-state index in [0.29, 0.717) is 12.4 Å². The van der Waals surface area contributed by atoms with Crippen molar-refractivity contribution in [3.63, 3.8) is 0 Å². The van der Waals surface area contributed by atoms with Crippen LogP contribution in [-0.2, 0) is 0 Å². The van der Waals surface area contributed by atoms with E-state index in [2.05, 4.69) is 6.07 Å². The highest BCUT2D eigenvalue weighted by molar-refractivity contribution is 5.92. The first-order valence-electron chi connectivity index (χ1n) is 7.25. The number of benzene rings is 2. The van der Waals surface area contributed by atoms with E-state index in [4.69, 9.17) is 14.2 Å². The Bertz CT molecular complexity index is 674. The Morgan fingerprint density at radius 3 is 2.30 bits per heavy atom. The van der Waals surface area contributed by atoms with Crippen LogP contribution in [-0.4, -0.2) is 31.4 Å². The minimum Gasteiger partial charge on any atom is -0.493 e. The highest BCUT2D eigenvalue weighted by atomic mass is 16.5. The van der Waals surface area contributed by atoms with Gasteiger partial charge in [0.2, 0.25) is 0 Å². The lowest BCUT2D eigenvalue weighted by Crippen LogP contribution is -2.12. The maximum Gasteiger partial charge on any atom is 0.339 e. The Hall–Kier alpha value is -2.69. The third kappa shape index (κ3) is 4.39. The largest absolute Gasteiger partial charge is 0.493 e. The van der Waals surface area contributed by atoms with E-state index in [-0.39, 0.29) is 17.9 Å². The van der Waals surface area contributed by atoms with Gasteiger partial charge in [0.15, 0.2) is 11.5 Å². The van der Waals surface area contributed by atoms with Gasteiger partial charge in [-0.15, -0.1) is 0 Å². The summed E-state index contributed by atoms with van der Waals surface area (Å²) in [5.74, 6) is 0.307. The Morgan fingerprint density at radius 1 is 1.04 bits per heavy atom. The van der Waals surface area contributed by atoms with Gasteiger partial charge < -0.3 is 19.3 Å². The zero-order chi connectivity index (χ0) is 16.8. The first kappa shape index (κ1) is 16.7. The third-order valence-electron chi connectivity index (χ3n) is 3.22. The quantitative estimate of drug-likeness (QED) is 0.792. The zero-order valence-corrected chi connectivity index (χ0v) is 13.5. The number of ether oxygens (including phenoxy) is 3. The molecule has 0 saturated carbocycles. The molecule has 0 aliphatic heterocycles. The predicted octanol–water partition coefficient (Wildman–Crippen LogP) is 3.47. The number of para-hydroxylation sites is 1. The zero-order valence-electron chi connectivity index (χ0n) is 13.5. The molecule has 0 unspecified atom stereocenters. The second-order valence-corrected chi connectivity index (χ2v) is 5.16. The molecule has 5 heteroatoms. The van der Waals surface area contributed by atoms with E-state index in [0.717, 1.165) is 16.9 Å². The van der Waals surface area contributed by atoms with Crippen molar-refractivity contribution in [2.75, 3.05) is 20.3 Å². The first-order valence-corrected chi connectivity index (χ1v) is 7.25. The number of hydrogen-bond donors (Lipinski definition) is 1. The lowest BCUT2D eigenvalue weighted by atomic mass is 10.1. The Balaban J connectivity index is 2.00. The number of carbonyl (C=O) groups is 1. The molecule has 2 aromatic rings. The van der Waals surface area contributed by atoms with Gasteiger partial charge in [0.25, 0.3) is 0 Å². The van der Waals surface area contributed by atoms with E-state index in [1.807, 2.05) is 26.0 Å². The smallest absolute Gasteiger partial charge is 0.339 e. The molecule has 0 spiro atoms. The van der Waals surface area contributed by atoms with Gasteiger partial charge in [-0.3, -0.25) is 0 Å². The van der Waals surface area contributed by atoms with Crippen molar-refractivity contribution < 1.29 is 24.1 Å². The first-order chi connectivity index (χ1) is 11.0. The molecule has 122 valence electrons. The van der Waals surface area contributed by atoms with E-state index < -0.39 is 5.97 Å². The molecule has 2 rings (SSSR count). The molecule has 5 nitrogen and oxygen atoms in total. The highest BCUT2D eigenvalue weighted by Gasteiger charge is 2.16. The molecule has 0 bridgehead atoms. The van der Waals surface area contributed by atoms with Crippen molar-refractivity contribution in [3.8, 4) is 17.2 Å². The van der Waals surface area contributed by atoms with Crippen LogP contribution in [0.25, 0.3) is 0 Å². The summed E-state index contributed by atoms with van der Waals surface area (Å²) in [6.07, 6.45) is 0. The molecule has 0 amide bonds. The minimum atomic E-state index is -1.06. The highest BCUT2D eigenvalue weighted by Crippen LogP contribution is 2.31. The van der Waals surface area contributed by atoms with Gasteiger partial charge >= 0.3 is 5.97 Å². The van der Waals surface area contributed by atoms with Gasteiger partial charge in [0.05, 0.1) is 7.11 Å². The van der Waals surface area contributed by atoms with Crippen LogP contribution in [0.1, 0.15) is 21.5 Å². The summed E-state index contributed by atoms with van der Waals surface area (Å²) in [5.41, 5.74) is 2.31. The molecule has 1 N–H and O–H groups in total. The predicted molar refractivity (Wildman–Crippen MR) is 86.9 cm³/mol. The van der Waals surface area contributed by atoms with E-state index in [1.165, 1.54) is 13.2 Å². The number of rotatable bonds is 7. The number of aromatic carboxylic acids is 1. The van der Waals surface area contributed by atoms with Crippen molar-refractivity contribution in [2.24, 2.45) is 0 Å². The van der Waals surface area contributed by atoms with Gasteiger partial charge in [0, 0.05) is 0 Å². The molecule has 0 atom stereocenters. The van der Waals surface area contributed by atoms with Gasteiger partial charge in [-0.2, -0.15) is 0 Å². The summed E-state index contributed by atoms with van der Waals surface area (Å²) in [6.45, 7) is 4.53. The SMILES string of the molecule is COc1cccc(C(=O)O)c1OCCOc1cc(C)cc(C)c1. The summed E-state index contributed by atoms with van der Waals surface area (Å²) >= 11 is 0. The van der Waals surface area contributed by atoms with Crippen molar-refractivity contribution in [1.29, 1.82) is 0 Å². The fourth-order valence-electron chi connectivity index (χ4n) is 2.31. The second-order valence-electron chi connectivity index (χ2n) is 5.16. The van der Waals surface area contributed by atoms with Gasteiger partial charge in [-0.05, 0) is 49.2 Å². The fourth-order valence-corrected chi connectivity index (χ4v) is 2.31. The average molecular weight is 316 g/mol.